The third-order valence-electron chi connectivity index (χ3n) is 4.16. The zero-order valence-corrected chi connectivity index (χ0v) is 15.8. The number of nitrogens with one attached hydrogen (secondary N) is 2. The summed E-state index contributed by atoms with van der Waals surface area (Å²) < 4.78 is 0. The van der Waals surface area contributed by atoms with E-state index in [1.807, 2.05) is 32.0 Å². The highest BCUT2D eigenvalue weighted by Gasteiger charge is 2.36. The van der Waals surface area contributed by atoms with Gasteiger partial charge in [-0.05, 0) is 82.1 Å². The number of Topliss-reactive ketones (excluding diaryl/α,β-unsaturated/α-hetero) is 1. The van der Waals surface area contributed by atoms with Crippen molar-refractivity contribution in [3.63, 3.8) is 0 Å². The third kappa shape index (κ3) is 4.57. The lowest BCUT2D eigenvalue weighted by Gasteiger charge is -2.23. The molecule has 0 fully saturated rings. The summed E-state index contributed by atoms with van der Waals surface area (Å²) >= 11 is 0. The molecule has 0 unspecified atom stereocenters. The van der Waals surface area contributed by atoms with Crippen molar-refractivity contribution in [3.05, 3.63) is 59.2 Å². The van der Waals surface area contributed by atoms with Crippen LogP contribution in [0.2, 0.25) is 0 Å². The van der Waals surface area contributed by atoms with Gasteiger partial charge in [-0.15, -0.1) is 0 Å². The van der Waals surface area contributed by atoms with E-state index in [9.17, 15) is 14.4 Å². The molecule has 26 heavy (non-hydrogen) atoms. The van der Waals surface area contributed by atoms with Crippen LogP contribution >= 0.6 is 0 Å². The quantitative estimate of drug-likeness (QED) is 0.628. The van der Waals surface area contributed by atoms with Crippen LogP contribution in [-0.4, -0.2) is 17.6 Å². The molecule has 0 aromatic heterocycles. The lowest BCUT2D eigenvalue weighted by atomic mass is 9.90. The van der Waals surface area contributed by atoms with E-state index in [0.717, 1.165) is 11.1 Å². The molecular formula is C21H24N2O3. The normalized spacial score (nSPS) is 11.0. The molecule has 2 N–H and O–H groups in total. The van der Waals surface area contributed by atoms with Crippen LogP contribution in [0.3, 0.4) is 0 Å². The molecule has 0 heterocycles. The number of ketones is 1. The van der Waals surface area contributed by atoms with Gasteiger partial charge in [-0.2, -0.15) is 0 Å². The molecule has 0 atom stereocenters. The molecule has 0 saturated heterocycles. The van der Waals surface area contributed by atoms with Crippen LogP contribution in [-0.2, 0) is 9.59 Å². The van der Waals surface area contributed by atoms with E-state index in [4.69, 9.17) is 0 Å². The zero-order chi connectivity index (χ0) is 19.5. The first kappa shape index (κ1) is 19.4. The number of aryl methyl sites for hydroxylation is 2. The predicted octanol–water partition coefficient (Wildman–Crippen LogP) is 4.11. The average molecular weight is 352 g/mol. The lowest BCUT2D eigenvalue weighted by Crippen LogP contribution is -2.41. The Labute approximate surface area is 153 Å². The van der Waals surface area contributed by atoms with Gasteiger partial charge in [0.25, 0.3) is 0 Å². The van der Waals surface area contributed by atoms with E-state index < -0.39 is 11.3 Å². The van der Waals surface area contributed by atoms with Gasteiger partial charge in [0, 0.05) is 16.9 Å². The Bertz CT molecular complexity index is 832. The van der Waals surface area contributed by atoms with Crippen LogP contribution in [0.25, 0.3) is 0 Å². The number of carbonyl (C=O) groups excluding carboxylic acids is 3. The summed E-state index contributed by atoms with van der Waals surface area (Å²) in [5.41, 5.74) is 2.57. The van der Waals surface area contributed by atoms with Crippen molar-refractivity contribution in [1.29, 1.82) is 0 Å². The van der Waals surface area contributed by atoms with Crippen molar-refractivity contribution in [2.45, 2.75) is 34.6 Å². The van der Waals surface area contributed by atoms with Crippen LogP contribution in [0.15, 0.2) is 42.5 Å². The van der Waals surface area contributed by atoms with Crippen molar-refractivity contribution in [2.75, 3.05) is 10.6 Å². The molecule has 2 aromatic carbocycles. The van der Waals surface area contributed by atoms with E-state index in [0.29, 0.717) is 16.9 Å². The maximum atomic E-state index is 12.6. The second-order valence-electron chi connectivity index (χ2n) is 7.04. The lowest BCUT2D eigenvalue weighted by molar-refractivity contribution is -0.135. The van der Waals surface area contributed by atoms with Crippen molar-refractivity contribution < 1.29 is 14.4 Å². The summed E-state index contributed by atoms with van der Waals surface area (Å²) in [6.07, 6.45) is 0. The van der Waals surface area contributed by atoms with E-state index in [1.165, 1.54) is 6.92 Å². The highest BCUT2D eigenvalue weighted by molar-refractivity contribution is 6.14. The molecule has 0 saturated carbocycles. The number of hydrogen-bond donors (Lipinski definition) is 2. The summed E-state index contributed by atoms with van der Waals surface area (Å²) in [6.45, 7) is 8.53. The van der Waals surface area contributed by atoms with Gasteiger partial charge in [-0.25, -0.2) is 0 Å². The number of rotatable bonds is 5. The molecule has 2 aromatic rings. The Kier molecular flexibility index (Phi) is 5.60. The van der Waals surface area contributed by atoms with Crippen LogP contribution < -0.4 is 10.6 Å². The molecule has 0 radical (unpaired) electrons. The summed E-state index contributed by atoms with van der Waals surface area (Å²) in [5, 5.41) is 5.54. The standard InChI is InChI=1S/C21H24N2O3/c1-13-10-14(2)12-18(11-13)23-20(26)21(4,5)19(25)22-17-8-6-16(7-9-17)15(3)24/h6-12H,1-5H3,(H,22,25)(H,23,26). The van der Waals surface area contributed by atoms with E-state index in [-0.39, 0.29) is 11.7 Å². The molecular weight excluding hydrogens is 328 g/mol. The van der Waals surface area contributed by atoms with E-state index in [2.05, 4.69) is 10.6 Å². The number of amides is 2. The highest BCUT2D eigenvalue weighted by Crippen LogP contribution is 2.23. The Morgan fingerprint density at radius 3 is 1.69 bits per heavy atom. The largest absolute Gasteiger partial charge is 0.325 e. The number of carbonyl (C=O) groups is 3. The first-order chi connectivity index (χ1) is 12.1. The fourth-order valence-electron chi connectivity index (χ4n) is 2.51. The molecule has 2 amide bonds. The molecule has 2 rings (SSSR count). The first-order valence-corrected chi connectivity index (χ1v) is 8.42. The molecule has 5 nitrogen and oxygen atoms in total. The minimum atomic E-state index is -1.27. The third-order valence-corrected chi connectivity index (χ3v) is 4.16. The van der Waals surface area contributed by atoms with Gasteiger partial charge >= 0.3 is 0 Å². The maximum Gasteiger partial charge on any atom is 0.239 e. The van der Waals surface area contributed by atoms with Crippen molar-refractivity contribution in [1.82, 2.24) is 0 Å². The number of anilines is 2. The smallest absolute Gasteiger partial charge is 0.239 e. The summed E-state index contributed by atoms with van der Waals surface area (Å²) in [7, 11) is 0. The molecule has 0 aliphatic heterocycles. The van der Waals surface area contributed by atoms with Crippen LogP contribution in [0.4, 0.5) is 11.4 Å². The second kappa shape index (κ2) is 7.52. The topological polar surface area (TPSA) is 75.3 Å². The average Bonchev–Trinajstić information content (AvgIpc) is 2.54. The van der Waals surface area contributed by atoms with Crippen molar-refractivity contribution in [2.24, 2.45) is 5.41 Å². The summed E-state index contributed by atoms with van der Waals surface area (Å²) in [5.74, 6) is -0.855. The van der Waals surface area contributed by atoms with Crippen molar-refractivity contribution in [3.8, 4) is 0 Å². The number of hydrogen-bond acceptors (Lipinski definition) is 3. The minimum Gasteiger partial charge on any atom is -0.325 e. The molecule has 136 valence electrons. The van der Waals surface area contributed by atoms with Gasteiger partial charge < -0.3 is 10.6 Å². The zero-order valence-electron chi connectivity index (χ0n) is 15.8. The van der Waals surface area contributed by atoms with Crippen LogP contribution in [0.1, 0.15) is 42.3 Å². The van der Waals surface area contributed by atoms with E-state index in [1.54, 1.807) is 38.1 Å². The van der Waals surface area contributed by atoms with Gasteiger partial charge in [0.15, 0.2) is 5.78 Å². The minimum absolute atomic E-state index is 0.0453. The SMILES string of the molecule is CC(=O)c1ccc(NC(=O)C(C)(C)C(=O)Nc2cc(C)cc(C)c2)cc1. The van der Waals surface area contributed by atoms with Gasteiger partial charge in [-0.1, -0.05) is 6.07 Å². The summed E-state index contributed by atoms with van der Waals surface area (Å²) in [6, 6.07) is 12.3. The molecule has 0 aliphatic rings. The molecule has 0 aliphatic carbocycles. The molecule has 5 heteroatoms. The highest BCUT2D eigenvalue weighted by atomic mass is 16.2. The fourth-order valence-corrected chi connectivity index (χ4v) is 2.51. The monoisotopic (exact) mass is 352 g/mol. The van der Waals surface area contributed by atoms with Crippen LogP contribution in [0, 0.1) is 19.3 Å². The van der Waals surface area contributed by atoms with Crippen LogP contribution in [0.5, 0.6) is 0 Å². The van der Waals surface area contributed by atoms with Gasteiger partial charge in [-0.3, -0.25) is 14.4 Å². The Morgan fingerprint density at radius 1 is 0.769 bits per heavy atom. The van der Waals surface area contributed by atoms with Gasteiger partial charge in [0.1, 0.15) is 5.41 Å². The number of benzene rings is 2. The molecule has 0 spiro atoms. The Balaban J connectivity index is 2.10. The van der Waals surface area contributed by atoms with E-state index >= 15 is 0 Å². The molecule has 0 bridgehead atoms. The first-order valence-electron chi connectivity index (χ1n) is 8.42. The maximum absolute atomic E-state index is 12.6. The van der Waals surface area contributed by atoms with Gasteiger partial charge in [0.05, 0.1) is 0 Å². The Hall–Kier alpha value is -2.95. The fraction of sp³-hybridized carbons (Fsp3) is 0.286. The van der Waals surface area contributed by atoms with Gasteiger partial charge in [0.2, 0.25) is 11.8 Å². The Morgan fingerprint density at radius 2 is 1.23 bits per heavy atom. The van der Waals surface area contributed by atoms with Crippen molar-refractivity contribution >= 4 is 29.0 Å². The summed E-state index contributed by atoms with van der Waals surface area (Å²) in [4.78, 5) is 36.5. The second-order valence-corrected chi connectivity index (χ2v) is 7.04. The predicted molar refractivity (Wildman–Crippen MR) is 103 cm³/mol.